The van der Waals surface area contributed by atoms with Crippen LogP contribution in [0.2, 0.25) is 0 Å². The van der Waals surface area contributed by atoms with Crippen molar-refractivity contribution in [3.05, 3.63) is 48.0 Å². The van der Waals surface area contributed by atoms with Gasteiger partial charge in [0, 0.05) is 43.5 Å². The van der Waals surface area contributed by atoms with Gasteiger partial charge in [0.1, 0.15) is 5.75 Å². The summed E-state index contributed by atoms with van der Waals surface area (Å²) in [6.45, 7) is 3.17. The normalized spacial score (nSPS) is 22.5. The lowest BCUT2D eigenvalue weighted by molar-refractivity contribution is 0.0715. The zero-order valence-corrected chi connectivity index (χ0v) is 17.1. The summed E-state index contributed by atoms with van der Waals surface area (Å²) in [4.78, 5) is 5.20. The Morgan fingerprint density at radius 2 is 1.71 bits per heavy atom. The van der Waals surface area contributed by atoms with Crippen molar-refractivity contribution in [1.82, 2.24) is 4.90 Å². The molecule has 5 heteroatoms. The number of hydrogen-bond acceptors (Lipinski definition) is 5. The molecular weight excluding hydrogens is 352 g/mol. The molecule has 0 aliphatic carbocycles. The number of benzene rings is 2. The molecule has 5 nitrogen and oxygen atoms in total. The van der Waals surface area contributed by atoms with Crippen LogP contribution in [0.1, 0.15) is 30.9 Å². The number of anilines is 1. The first-order valence-electron chi connectivity index (χ1n) is 10.1. The summed E-state index contributed by atoms with van der Waals surface area (Å²) in [6, 6.07) is 15.8. The molecule has 2 heterocycles. The Kier molecular flexibility index (Phi) is 5.62. The van der Waals surface area contributed by atoms with Crippen molar-refractivity contribution in [2.45, 2.75) is 31.3 Å². The van der Waals surface area contributed by atoms with E-state index < -0.39 is 0 Å². The summed E-state index contributed by atoms with van der Waals surface area (Å²) in [5.74, 6) is 2.53. The molecule has 0 radical (unpaired) electrons. The summed E-state index contributed by atoms with van der Waals surface area (Å²) in [5, 5.41) is 0. The number of nitrogens with zero attached hydrogens (tertiary/aromatic N) is 2. The molecule has 0 aromatic heterocycles. The molecule has 2 atom stereocenters. The number of hydrogen-bond donors (Lipinski definition) is 0. The summed E-state index contributed by atoms with van der Waals surface area (Å²) in [6.07, 6.45) is 3.71. The van der Waals surface area contributed by atoms with Gasteiger partial charge in [0.05, 0.1) is 21.3 Å². The quantitative estimate of drug-likeness (QED) is 0.777. The van der Waals surface area contributed by atoms with Crippen LogP contribution in [0.15, 0.2) is 42.5 Å². The lowest BCUT2D eigenvalue weighted by atomic mass is 9.89. The van der Waals surface area contributed by atoms with E-state index in [2.05, 4.69) is 40.1 Å². The Labute approximate surface area is 167 Å². The van der Waals surface area contributed by atoms with E-state index in [0.717, 1.165) is 36.9 Å². The predicted molar refractivity (Wildman–Crippen MR) is 112 cm³/mol. The van der Waals surface area contributed by atoms with Crippen molar-refractivity contribution in [2.75, 3.05) is 45.9 Å². The van der Waals surface area contributed by atoms with Gasteiger partial charge in [-0.05, 0) is 49.1 Å². The van der Waals surface area contributed by atoms with Gasteiger partial charge in [0.15, 0.2) is 11.5 Å². The molecule has 0 bridgehead atoms. The number of fused-ring (bicyclic) bond motifs is 1. The molecular formula is C23H30N2O3. The number of methoxy groups -OCH3 is 3. The fraction of sp³-hybridized carbons (Fsp3) is 0.478. The Morgan fingerprint density at radius 1 is 0.857 bits per heavy atom. The predicted octanol–water partition coefficient (Wildman–Crippen LogP) is 4.13. The maximum absolute atomic E-state index is 5.54. The van der Waals surface area contributed by atoms with Crippen LogP contribution >= 0.6 is 0 Å². The van der Waals surface area contributed by atoms with Crippen LogP contribution in [0.25, 0.3) is 0 Å². The van der Waals surface area contributed by atoms with Crippen molar-refractivity contribution in [2.24, 2.45) is 0 Å². The fourth-order valence-corrected chi connectivity index (χ4v) is 4.71. The van der Waals surface area contributed by atoms with E-state index in [1.165, 1.54) is 30.5 Å². The first-order chi connectivity index (χ1) is 13.7. The number of piperazine rings is 1. The molecule has 2 aromatic carbocycles. The van der Waals surface area contributed by atoms with Gasteiger partial charge < -0.3 is 19.1 Å². The zero-order valence-electron chi connectivity index (χ0n) is 17.1. The van der Waals surface area contributed by atoms with E-state index in [-0.39, 0.29) is 0 Å². The molecule has 1 unspecified atom stereocenters. The van der Waals surface area contributed by atoms with Gasteiger partial charge in [-0.25, -0.2) is 0 Å². The van der Waals surface area contributed by atoms with E-state index in [0.29, 0.717) is 12.1 Å². The second-order valence-corrected chi connectivity index (χ2v) is 7.60. The molecule has 2 saturated heterocycles. The number of ether oxygens (including phenoxy) is 3. The SMILES string of the molecule is COc1cccc(N2CCN3C(c4ccc(OC)c(OC)c4)CCC[C@H]3C2)c1. The Morgan fingerprint density at radius 3 is 2.50 bits per heavy atom. The smallest absolute Gasteiger partial charge is 0.161 e. The number of rotatable bonds is 5. The maximum Gasteiger partial charge on any atom is 0.161 e. The van der Waals surface area contributed by atoms with Crippen LogP contribution in [0, 0.1) is 0 Å². The van der Waals surface area contributed by atoms with Crippen LogP contribution in [0.3, 0.4) is 0 Å². The molecule has 2 aliphatic rings. The van der Waals surface area contributed by atoms with Gasteiger partial charge in [0.25, 0.3) is 0 Å². The lowest BCUT2D eigenvalue weighted by Crippen LogP contribution is -2.55. The Balaban J connectivity index is 1.52. The second-order valence-electron chi connectivity index (χ2n) is 7.60. The summed E-state index contributed by atoms with van der Waals surface area (Å²) in [5.41, 5.74) is 2.59. The van der Waals surface area contributed by atoms with Crippen molar-refractivity contribution < 1.29 is 14.2 Å². The van der Waals surface area contributed by atoms with Crippen molar-refractivity contribution in [3.63, 3.8) is 0 Å². The van der Waals surface area contributed by atoms with Crippen molar-refractivity contribution in [3.8, 4) is 17.2 Å². The van der Waals surface area contributed by atoms with E-state index >= 15 is 0 Å². The highest BCUT2D eigenvalue weighted by molar-refractivity contribution is 5.51. The van der Waals surface area contributed by atoms with Crippen molar-refractivity contribution >= 4 is 5.69 Å². The topological polar surface area (TPSA) is 34.2 Å². The third-order valence-corrected chi connectivity index (χ3v) is 6.15. The van der Waals surface area contributed by atoms with Gasteiger partial charge >= 0.3 is 0 Å². The van der Waals surface area contributed by atoms with E-state index in [1.54, 1.807) is 21.3 Å². The average molecular weight is 383 g/mol. The zero-order chi connectivity index (χ0) is 19.5. The Bertz CT molecular complexity index is 810. The fourth-order valence-electron chi connectivity index (χ4n) is 4.71. The highest BCUT2D eigenvalue weighted by Crippen LogP contribution is 2.40. The molecule has 0 N–H and O–H groups in total. The molecule has 28 heavy (non-hydrogen) atoms. The molecule has 0 amide bonds. The van der Waals surface area contributed by atoms with Gasteiger partial charge in [-0.2, -0.15) is 0 Å². The highest BCUT2D eigenvalue weighted by Gasteiger charge is 2.36. The molecule has 4 rings (SSSR count). The summed E-state index contributed by atoms with van der Waals surface area (Å²) < 4.78 is 16.4. The maximum atomic E-state index is 5.54. The number of piperidine rings is 1. The first-order valence-corrected chi connectivity index (χ1v) is 10.1. The third kappa shape index (κ3) is 3.63. The molecule has 0 saturated carbocycles. The monoisotopic (exact) mass is 382 g/mol. The van der Waals surface area contributed by atoms with Crippen LogP contribution in [-0.2, 0) is 0 Å². The summed E-state index contributed by atoms with van der Waals surface area (Å²) >= 11 is 0. The largest absolute Gasteiger partial charge is 0.497 e. The molecule has 0 spiro atoms. The Hall–Kier alpha value is -2.40. The minimum atomic E-state index is 0.450. The standard InChI is InChI=1S/C23H30N2O3/c1-26-20-8-4-6-18(15-20)24-12-13-25-19(16-24)7-5-9-21(25)17-10-11-22(27-2)23(14-17)28-3/h4,6,8,10-11,14-15,19,21H,5,7,9,12-13,16H2,1-3H3/t19-,21?/m0/s1. The van der Waals surface area contributed by atoms with Gasteiger partial charge in [-0.15, -0.1) is 0 Å². The van der Waals surface area contributed by atoms with E-state index in [1.807, 2.05) is 12.1 Å². The van der Waals surface area contributed by atoms with Crippen LogP contribution in [0.4, 0.5) is 5.69 Å². The minimum absolute atomic E-state index is 0.450. The first kappa shape index (κ1) is 18.9. The van der Waals surface area contributed by atoms with Gasteiger partial charge in [0.2, 0.25) is 0 Å². The molecule has 2 aliphatic heterocycles. The second kappa shape index (κ2) is 8.31. The molecule has 2 aromatic rings. The average Bonchev–Trinajstić information content (AvgIpc) is 2.77. The van der Waals surface area contributed by atoms with Crippen LogP contribution < -0.4 is 19.1 Å². The van der Waals surface area contributed by atoms with Gasteiger partial charge in [-0.1, -0.05) is 12.1 Å². The molecule has 2 fully saturated rings. The van der Waals surface area contributed by atoms with Gasteiger partial charge in [-0.3, -0.25) is 4.90 Å². The van der Waals surface area contributed by atoms with E-state index in [4.69, 9.17) is 14.2 Å². The minimum Gasteiger partial charge on any atom is -0.497 e. The van der Waals surface area contributed by atoms with Crippen LogP contribution in [0.5, 0.6) is 17.2 Å². The van der Waals surface area contributed by atoms with E-state index in [9.17, 15) is 0 Å². The van der Waals surface area contributed by atoms with Crippen LogP contribution in [-0.4, -0.2) is 51.9 Å². The third-order valence-electron chi connectivity index (χ3n) is 6.15. The molecule has 150 valence electrons. The van der Waals surface area contributed by atoms with Crippen molar-refractivity contribution in [1.29, 1.82) is 0 Å². The highest BCUT2D eigenvalue weighted by atomic mass is 16.5. The summed E-state index contributed by atoms with van der Waals surface area (Å²) in [7, 11) is 5.12. The lowest BCUT2D eigenvalue weighted by Gasteiger charge is -2.49.